The van der Waals surface area contributed by atoms with Crippen LogP contribution in [0.15, 0.2) is 36.9 Å². The summed E-state index contributed by atoms with van der Waals surface area (Å²) in [4.78, 5) is 11.6. The van der Waals surface area contributed by atoms with E-state index in [-0.39, 0.29) is 5.91 Å². The lowest BCUT2D eigenvalue weighted by Gasteiger charge is -2.10. The average molecular weight is 246 g/mol. The van der Waals surface area contributed by atoms with Crippen LogP contribution in [0.1, 0.15) is 31.7 Å². The van der Waals surface area contributed by atoms with Crippen LogP contribution >= 0.6 is 0 Å². The molecule has 0 saturated heterocycles. The molecule has 0 aliphatic rings. The summed E-state index contributed by atoms with van der Waals surface area (Å²) in [5.74, 6) is 0.525. The zero-order valence-corrected chi connectivity index (χ0v) is 11.2. The molecule has 98 valence electrons. The van der Waals surface area contributed by atoms with Gasteiger partial charge in [-0.05, 0) is 30.0 Å². The van der Waals surface area contributed by atoms with Crippen LogP contribution in [0.2, 0.25) is 0 Å². The predicted molar refractivity (Wildman–Crippen MR) is 76.8 cm³/mol. The van der Waals surface area contributed by atoms with Crippen LogP contribution in [0.4, 0.5) is 5.69 Å². The fraction of sp³-hybridized carbons (Fsp3) is 0.400. The van der Waals surface area contributed by atoms with Gasteiger partial charge in [0, 0.05) is 12.2 Å². The summed E-state index contributed by atoms with van der Waals surface area (Å²) in [5.41, 5.74) is 2.15. The van der Waals surface area contributed by atoms with Crippen LogP contribution in [-0.2, 0) is 4.79 Å². The first-order valence-electron chi connectivity index (χ1n) is 6.38. The SMILES string of the molecule is C=CCNCC(=O)Nc1ccc([C@@H](C)CC)cc1. The van der Waals surface area contributed by atoms with Gasteiger partial charge in [-0.25, -0.2) is 0 Å². The highest BCUT2D eigenvalue weighted by Crippen LogP contribution is 2.20. The molecule has 1 aromatic rings. The molecule has 0 fully saturated rings. The van der Waals surface area contributed by atoms with Crippen LogP contribution in [-0.4, -0.2) is 19.0 Å². The number of carbonyl (C=O) groups excluding carboxylic acids is 1. The van der Waals surface area contributed by atoms with E-state index in [2.05, 4.69) is 43.2 Å². The molecular formula is C15H22N2O. The van der Waals surface area contributed by atoms with E-state index in [1.165, 1.54) is 5.56 Å². The Morgan fingerprint density at radius 2 is 2.06 bits per heavy atom. The second kappa shape index (κ2) is 7.67. The Balaban J connectivity index is 2.48. The third-order valence-corrected chi connectivity index (χ3v) is 2.95. The summed E-state index contributed by atoms with van der Waals surface area (Å²) in [6, 6.07) is 8.04. The largest absolute Gasteiger partial charge is 0.325 e. The van der Waals surface area contributed by atoms with Gasteiger partial charge in [-0.3, -0.25) is 4.79 Å². The minimum absolute atomic E-state index is 0.0341. The van der Waals surface area contributed by atoms with Crippen molar-refractivity contribution < 1.29 is 4.79 Å². The fourth-order valence-corrected chi connectivity index (χ4v) is 1.62. The van der Waals surface area contributed by atoms with Gasteiger partial charge in [0.1, 0.15) is 0 Å². The molecule has 0 saturated carbocycles. The third kappa shape index (κ3) is 4.72. The topological polar surface area (TPSA) is 41.1 Å². The zero-order chi connectivity index (χ0) is 13.4. The van der Waals surface area contributed by atoms with Crippen LogP contribution in [0.5, 0.6) is 0 Å². The lowest BCUT2D eigenvalue weighted by Crippen LogP contribution is -2.28. The molecule has 0 heterocycles. The smallest absolute Gasteiger partial charge is 0.238 e. The number of amides is 1. The normalized spacial score (nSPS) is 11.9. The van der Waals surface area contributed by atoms with Crippen LogP contribution in [0.25, 0.3) is 0 Å². The molecule has 1 amide bonds. The van der Waals surface area contributed by atoms with Crippen molar-refractivity contribution >= 4 is 11.6 Å². The van der Waals surface area contributed by atoms with E-state index in [4.69, 9.17) is 0 Å². The summed E-state index contributed by atoms with van der Waals surface area (Å²) < 4.78 is 0. The second-order valence-corrected chi connectivity index (χ2v) is 4.40. The molecule has 1 rings (SSSR count). The number of nitrogens with one attached hydrogen (secondary N) is 2. The molecule has 0 aromatic heterocycles. The molecule has 0 aliphatic heterocycles. The molecule has 0 aliphatic carbocycles. The van der Waals surface area contributed by atoms with E-state index in [1.54, 1.807) is 6.08 Å². The Morgan fingerprint density at radius 3 is 2.61 bits per heavy atom. The molecule has 1 aromatic carbocycles. The molecular weight excluding hydrogens is 224 g/mol. The minimum atomic E-state index is -0.0341. The van der Waals surface area contributed by atoms with Gasteiger partial charge in [0.2, 0.25) is 5.91 Å². The van der Waals surface area contributed by atoms with E-state index in [0.29, 0.717) is 19.0 Å². The summed E-state index contributed by atoms with van der Waals surface area (Å²) >= 11 is 0. The van der Waals surface area contributed by atoms with Crippen LogP contribution in [0.3, 0.4) is 0 Å². The lowest BCUT2D eigenvalue weighted by atomic mass is 9.99. The molecule has 18 heavy (non-hydrogen) atoms. The Morgan fingerprint density at radius 1 is 1.39 bits per heavy atom. The summed E-state index contributed by atoms with van der Waals surface area (Å²) in [6.07, 6.45) is 2.85. The van der Waals surface area contributed by atoms with Crippen molar-refractivity contribution in [3.63, 3.8) is 0 Å². The van der Waals surface area contributed by atoms with Crippen molar-refractivity contribution in [1.29, 1.82) is 0 Å². The van der Waals surface area contributed by atoms with Crippen LogP contribution < -0.4 is 10.6 Å². The van der Waals surface area contributed by atoms with Gasteiger partial charge < -0.3 is 10.6 Å². The maximum absolute atomic E-state index is 11.6. The molecule has 3 nitrogen and oxygen atoms in total. The summed E-state index contributed by atoms with van der Waals surface area (Å²) in [6.45, 7) is 8.90. The quantitative estimate of drug-likeness (QED) is 0.573. The Labute approximate surface area is 109 Å². The number of anilines is 1. The molecule has 1 atom stereocenters. The van der Waals surface area contributed by atoms with Gasteiger partial charge in [0.05, 0.1) is 6.54 Å². The van der Waals surface area contributed by atoms with Crippen molar-refractivity contribution in [1.82, 2.24) is 5.32 Å². The number of carbonyl (C=O) groups is 1. The molecule has 0 unspecified atom stereocenters. The monoisotopic (exact) mass is 246 g/mol. The molecule has 0 spiro atoms. The van der Waals surface area contributed by atoms with Gasteiger partial charge >= 0.3 is 0 Å². The minimum Gasteiger partial charge on any atom is -0.325 e. The maximum atomic E-state index is 11.6. The van der Waals surface area contributed by atoms with Crippen molar-refractivity contribution in [2.75, 3.05) is 18.4 Å². The van der Waals surface area contributed by atoms with Crippen molar-refractivity contribution in [2.24, 2.45) is 0 Å². The molecule has 0 radical (unpaired) electrons. The fourth-order valence-electron chi connectivity index (χ4n) is 1.62. The van der Waals surface area contributed by atoms with Gasteiger partial charge in [0.15, 0.2) is 0 Å². The van der Waals surface area contributed by atoms with E-state index in [9.17, 15) is 4.79 Å². The van der Waals surface area contributed by atoms with Crippen molar-refractivity contribution in [3.05, 3.63) is 42.5 Å². The standard InChI is InChI=1S/C15H22N2O/c1-4-10-16-11-15(18)17-14-8-6-13(7-9-14)12(3)5-2/h4,6-9,12,16H,1,5,10-11H2,2-3H3,(H,17,18)/t12-/m0/s1. The van der Waals surface area contributed by atoms with E-state index < -0.39 is 0 Å². The molecule has 2 N–H and O–H groups in total. The third-order valence-electron chi connectivity index (χ3n) is 2.95. The summed E-state index contributed by atoms with van der Waals surface area (Å²) in [5, 5.41) is 5.81. The van der Waals surface area contributed by atoms with Gasteiger partial charge in [-0.1, -0.05) is 32.1 Å². The van der Waals surface area contributed by atoms with Crippen molar-refractivity contribution in [3.8, 4) is 0 Å². The Kier molecular flexibility index (Phi) is 6.15. The first-order valence-corrected chi connectivity index (χ1v) is 6.38. The highest BCUT2D eigenvalue weighted by molar-refractivity contribution is 5.92. The van der Waals surface area contributed by atoms with E-state index >= 15 is 0 Å². The molecule has 0 bridgehead atoms. The number of benzene rings is 1. The first-order chi connectivity index (χ1) is 8.67. The number of hydrogen-bond donors (Lipinski definition) is 2. The Bertz CT molecular complexity index is 384. The van der Waals surface area contributed by atoms with Gasteiger partial charge in [0.25, 0.3) is 0 Å². The number of hydrogen-bond acceptors (Lipinski definition) is 2. The average Bonchev–Trinajstić information content (AvgIpc) is 2.39. The maximum Gasteiger partial charge on any atom is 0.238 e. The van der Waals surface area contributed by atoms with Crippen molar-refractivity contribution in [2.45, 2.75) is 26.2 Å². The van der Waals surface area contributed by atoms with Crippen LogP contribution in [0, 0.1) is 0 Å². The highest BCUT2D eigenvalue weighted by atomic mass is 16.1. The lowest BCUT2D eigenvalue weighted by molar-refractivity contribution is -0.115. The van der Waals surface area contributed by atoms with E-state index in [1.807, 2.05) is 12.1 Å². The zero-order valence-electron chi connectivity index (χ0n) is 11.2. The van der Waals surface area contributed by atoms with E-state index in [0.717, 1.165) is 12.1 Å². The van der Waals surface area contributed by atoms with Gasteiger partial charge in [-0.2, -0.15) is 0 Å². The second-order valence-electron chi connectivity index (χ2n) is 4.40. The summed E-state index contributed by atoms with van der Waals surface area (Å²) in [7, 11) is 0. The highest BCUT2D eigenvalue weighted by Gasteiger charge is 2.04. The van der Waals surface area contributed by atoms with Gasteiger partial charge in [-0.15, -0.1) is 6.58 Å². The predicted octanol–water partition coefficient (Wildman–Crippen LogP) is 2.91. The molecule has 3 heteroatoms. The number of rotatable bonds is 7. The first kappa shape index (κ1) is 14.5. The Hall–Kier alpha value is -1.61.